The average molecular weight is 257 g/mol. The van der Waals surface area contributed by atoms with Gasteiger partial charge in [-0.15, -0.1) is 0 Å². The van der Waals surface area contributed by atoms with Crippen LogP contribution in [-0.4, -0.2) is 24.2 Å². The summed E-state index contributed by atoms with van der Waals surface area (Å²) < 4.78 is 0. The van der Waals surface area contributed by atoms with Crippen LogP contribution in [0.2, 0.25) is 0 Å². The van der Waals surface area contributed by atoms with E-state index in [1.54, 1.807) is 0 Å². The highest BCUT2D eigenvalue weighted by Crippen LogP contribution is 2.26. The first kappa shape index (κ1) is 17.4. The third-order valence-electron chi connectivity index (χ3n) is 3.05. The van der Waals surface area contributed by atoms with Crippen molar-refractivity contribution in [2.24, 2.45) is 16.7 Å². The van der Waals surface area contributed by atoms with Crippen LogP contribution in [0.5, 0.6) is 0 Å². The van der Waals surface area contributed by atoms with Gasteiger partial charge in [-0.25, -0.2) is 0 Å². The summed E-state index contributed by atoms with van der Waals surface area (Å²) in [5.74, 6) is 0.531. The SMILES string of the molecule is CC(CC(=O)NCC(C)(C)CCO)CC(C)(C)C. The second-order valence-corrected chi connectivity index (χ2v) is 7.49. The molecule has 3 heteroatoms. The van der Waals surface area contributed by atoms with Crippen molar-refractivity contribution in [3.05, 3.63) is 0 Å². The minimum atomic E-state index is -0.0301. The Morgan fingerprint density at radius 3 is 2.22 bits per heavy atom. The monoisotopic (exact) mass is 257 g/mol. The van der Waals surface area contributed by atoms with E-state index in [1.165, 1.54) is 0 Å². The summed E-state index contributed by atoms with van der Waals surface area (Å²) in [7, 11) is 0. The normalized spacial score (nSPS) is 14.4. The van der Waals surface area contributed by atoms with E-state index in [1.807, 2.05) is 0 Å². The van der Waals surface area contributed by atoms with Crippen molar-refractivity contribution in [2.45, 2.75) is 60.8 Å². The summed E-state index contributed by atoms with van der Waals surface area (Å²) >= 11 is 0. The van der Waals surface area contributed by atoms with Gasteiger partial charge in [0.15, 0.2) is 0 Å². The van der Waals surface area contributed by atoms with Crippen LogP contribution < -0.4 is 5.32 Å². The number of aliphatic hydroxyl groups is 1. The molecule has 2 N–H and O–H groups in total. The molecular formula is C15H31NO2. The van der Waals surface area contributed by atoms with Crippen molar-refractivity contribution < 1.29 is 9.90 Å². The molecule has 0 rings (SSSR count). The van der Waals surface area contributed by atoms with E-state index in [0.29, 0.717) is 25.3 Å². The average Bonchev–Trinajstić information content (AvgIpc) is 2.11. The van der Waals surface area contributed by atoms with Gasteiger partial charge in [0.1, 0.15) is 0 Å². The van der Waals surface area contributed by atoms with Gasteiger partial charge in [-0.05, 0) is 29.6 Å². The molecule has 0 saturated heterocycles. The van der Waals surface area contributed by atoms with Gasteiger partial charge in [0.2, 0.25) is 5.91 Å². The van der Waals surface area contributed by atoms with Gasteiger partial charge in [-0.1, -0.05) is 41.5 Å². The van der Waals surface area contributed by atoms with Crippen molar-refractivity contribution in [3.8, 4) is 0 Å². The zero-order chi connectivity index (χ0) is 14.4. The molecule has 0 aromatic carbocycles. The topological polar surface area (TPSA) is 49.3 Å². The summed E-state index contributed by atoms with van der Waals surface area (Å²) in [6.45, 7) is 13.6. The summed E-state index contributed by atoms with van der Waals surface area (Å²) in [6.07, 6.45) is 2.36. The van der Waals surface area contributed by atoms with Crippen LogP contribution in [0.1, 0.15) is 60.8 Å². The highest BCUT2D eigenvalue weighted by Gasteiger charge is 2.20. The maximum absolute atomic E-state index is 11.8. The van der Waals surface area contributed by atoms with Gasteiger partial charge in [-0.2, -0.15) is 0 Å². The maximum Gasteiger partial charge on any atom is 0.220 e. The molecule has 108 valence electrons. The van der Waals surface area contributed by atoms with Crippen LogP contribution >= 0.6 is 0 Å². The highest BCUT2D eigenvalue weighted by atomic mass is 16.3. The molecule has 0 aliphatic carbocycles. The van der Waals surface area contributed by atoms with Crippen LogP contribution in [-0.2, 0) is 4.79 Å². The van der Waals surface area contributed by atoms with Crippen LogP contribution in [0.25, 0.3) is 0 Å². The molecule has 3 nitrogen and oxygen atoms in total. The Kier molecular flexibility index (Phi) is 6.90. The lowest BCUT2D eigenvalue weighted by atomic mass is 9.84. The van der Waals surface area contributed by atoms with Crippen molar-refractivity contribution >= 4 is 5.91 Å². The predicted molar refractivity (Wildman–Crippen MR) is 76.3 cm³/mol. The minimum absolute atomic E-state index is 0.0301. The number of nitrogens with one attached hydrogen (secondary N) is 1. The first-order chi connectivity index (χ1) is 8.06. The summed E-state index contributed by atoms with van der Waals surface area (Å²) in [5.41, 5.74) is 0.244. The number of carbonyl (C=O) groups excluding carboxylic acids is 1. The molecule has 0 aromatic heterocycles. The summed E-state index contributed by atoms with van der Waals surface area (Å²) in [6, 6.07) is 0. The Labute approximate surface area is 112 Å². The largest absolute Gasteiger partial charge is 0.396 e. The fourth-order valence-electron chi connectivity index (χ4n) is 2.24. The van der Waals surface area contributed by atoms with Gasteiger partial charge in [0.05, 0.1) is 0 Å². The zero-order valence-electron chi connectivity index (χ0n) is 13.0. The Bertz CT molecular complexity index is 254. The van der Waals surface area contributed by atoms with Crippen LogP contribution in [0.4, 0.5) is 0 Å². The second-order valence-electron chi connectivity index (χ2n) is 7.49. The maximum atomic E-state index is 11.8. The first-order valence-electron chi connectivity index (χ1n) is 6.93. The standard InChI is InChI=1S/C15H31NO2/c1-12(10-14(2,3)4)9-13(18)16-11-15(5,6)7-8-17/h12,17H,7-11H2,1-6H3,(H,16,18). The fraction of sp³-hybridized carbons (Fsp3) is 0.933. The molecule has 1 unspecified atom stereocenters. The van der Waals surface area contributed by atoms with Crippen molar-refractivity contribution in [2.75, 3.05) is 13.2 Å². The van der Waals surface area contributed by atoms with E-state index in [2.05, 4.69) is 46.9 Å². The van der Waals surface area contributed by atoms with Gasteiger partial charge in [0.25, 0.3) is 0 Å². The van der Waals surface area contributed by atoms with E-state index in [0.717, 1.165) is 6.42 Å². The number of carbonyl (C=O) groups is 1. The first-order valence-corrected chi connectivity index (χ1v) is 6.93. The van der Waals surface area contributed by atoms with Crippen molar-refractivity contribution in [3.63, 3.8) is 0 Å². The van der Waals surface area contributed by atoms with Crippen molar-refractivity contribution in [1.82, 2.24) is 5.32 Å². The fourth-order valence-corrected chi connectivity index (χ4v) is 2.24. The molecule has 1 amide bonds. The van der Waals surface area contributed by atoms with Crippen LogP contribution in [0.15, 0.2) is 0 Å². The molecule has 0 radical (unpaired) electrons. The molecule has 0 bridgehead atoms. The third kappa shape index (κ3) is 9.46. The molecule has 0 saturated carbocycles. The number of hydrogen-bond donors (Lipinski definition) is 2. The van der Waals surface area contributed by atoms with E-state index in [-0.39, 0.29) is 23.3 Å². The molecule has 0 aliphatic heterocycles. The Morgan fingerprint density at radius 2 is 1.78 bits per heavy atom. The van der Waals surface area contributed by atoms with E-state index >= 15 is 0 Å². The van der Waals surface area contributed by atoms with Gasteiger partial charge in [0, 0.05) is 19.6 Å². The van der Waals surface area contributed by atoms with Gasteiger partial charge in [-0.3, -0.25) is 4.79 Å². The molecule has 0 fully saturated rings. The molecule has 0 aliphatic rings. The zero-order valence-corrected chi connectivity index (χ0v) is 13.0. The summed E-state index contributed by atoms with van der Waals surface area (Å²) in [4.78, 5) is 11.8. The van der Waals surface area contributed by atoms with Crippen molar-refractivity contribution in [1.29, 1.82) is 0 Å². The molecule has 0 spiro atoms. The van der Waals surface area contributed by atoms with Gasteiger partial charge < -0.3 is 10.4 Å². The lowest BCUT2D eigenvalue weighted by Crippen LogP contribution is -2.35. The minimum Gasteiger partial charge on any atom is -0.396 e. The van der Waals surface area contributed by atoms with Crippen LogP contribution in [0.3, 0.4) is 0 Å². The van der Waals surface area contributed by atoms with Crippen LogP contribution in [0, 0.1) is 16.7 Å². The second kappa shape index (κ2) is 7.13. The molecular weight excluding hydrogens is 226 g/mol. The lowest BCUT2D eigenvalue weighted by molar-refractivity contribution is -0.122. The predicted octanol–water partition coefficient (Wildman–Crippen LogP) is 2.97. The van der Waals surface area contributed by atoms with E-state index in [4.69, 9.17) is 5.11 Å². The summed E-state index contributed by atoms with van der Waals surface area (Å²) in [5, 5.41) is 11.9. The lowest BCUT2D eigenvalue weighted by Gasteiger charge is -2.25. The molecule has 0 aromatic rings. The smallest absolute Gasteiger partial charge is 0.220 e. The highest BCUT2D eigenvalue weighted by molar-refractivity contribution is 5.76. The third-order valence-corrected chi connectivity index (χ3v) is 3.05. The number of amides is 1. The molecule has 0 heterocycles. The number of rotatable bonds is 7. The van der Waals surface area contributed by atoms with E-state index < -0.39 is 0 Å². The molecule has 18 heavy (non-hydrogen) atoms. The molecule has 1 atom stereocenters. The Hall–Kier alpha value is -0.570. The number of aliphatic hydroxyl groups excluding tert-OH is 1. The Morgan fingerprint density at radius 1 is 1.22 bits per heavy atom. The van der Waals surface area contributed by atoms with Gasteiger partial charge >= 0.3 is 0 Å². The quantitative estimate of drug-likeness (QED) is 0.736. The Balaban J connectivity index is 3.98. The number of hydrogen-bond acceptors (Lipinski definition) is 2. The van der Waals surface area contributed by atoms with E-state index in [9.17, 15) is 4.79 Å².